The Labute approximate surface area is 147 Å². The first kappa shape index (κ1) is 18.0. The van der Waals surface area contributed by atoms with E-state index in [1.54, 1.807) is 25.1 Å². The second-order valence-corrected chi connectivity index (χ2v) is 10.2. The molecule has 2 aromatic rings. The topological polar surface area (TPSA) is 93.9 Å². The first-order valence-corrected chi connectivity index (χ1v) is 10.8. The highest BCUT2D eigenvalue weighted by Gasteiger charge is 2.43. The van der Waals surface area contributed by atoms with Gasteiger partial charge in [0.05, 0.1) is 23.5 Å². The fourth-order valence-electron chi connectivity index (χ4n) is 2.70. The molecular formula is C16H19NO6S2. The number of rotatable bonds is 6. The van der Waals surface area contributed by atoms with Gasteiger partial charge in [-0.2, -0.15) is 4.31 Å². The Morgan fingerprint density at radius 1 is 1.20 bits per heavy atom. The van der Waals surface area contributed by atoms with Crippen molar-refractivity contribution in [3.05, 3.63) is 47.9 Å². The Morgan fingerprint density at radius 2 is 1.92 bits per heavy atom. The third kappa shape index (κ3) is 3.44. The number of aryl methyl sites for hydroxylation is 1. The van der Waals surface area contributed by atoms with Crippen LogP contribution in [0.25, 0.3) is 0 Å². The molecule has 0 saturated carbocycles. The molecule has 0 aliphatic carbocycles. The molecular weight excluding hydrogens is 366 g/mol. The zero-order valence-corrected chi connectivity index (χ0v) is 15.5. The highest BCUT2D eigenvalue weighted by atomic mass is 32.2. The highest BCUT2D eigenvalue weighted by molar-refractivity contribution is 7.92. The minimum atomic E-state index is -3.72. The molecule has 0 atom stereocenters. The van der Waals surface area contributed by atoms with Crippen LogP contribution < -0.4 is 4.74 Å². The maximum atomic E-state index is 12.6. The van der Waals surface area contributed by atoms with E-state index >= 15 is 0 Å². The van der Waals surface area contributed by atoms with Gasteiger partial charge in [-0.25, -0.2) is 16.8 Å². The molecule has 1 aromatic heterocycles. The Kier molecular flexibility index (Phi) is 4.65. The van der Waals surface area contributed by atoms with Crippen molar-refractivity contribution < 1.29 is 26.0 Å². The predicted octanol–water partition coefficient (Wildman–Crippen LogP) is 1.58. The summed E-state index contributed by atoms with van der Waals surface area (Å²) < 4.78 is 61.3. The smallest absolute Gasteiger partial charge is 0.243 e. The summed E-state index contributed by atoms with van der Waals surface area (Å²) >= 11 is 0. The number of hydrogen-bond acceptors (Lipinski definition) is 6. The van der Waals surface area contributed by atoms with E-state index in [0.717, 1.165) is 0 Å². The van der Waals surface area contributed by atoms with Crippen LogP contribution in [-0.4, -0.2) is 46.6 Å². The summed E-state index contributed by atoms with van der Waals surface area (Å²) in [5.41, 5.74) is 0.700. The average Bonchev–Trinajstić information content (AvgIpc) is 2.96. The minimum absolute atomic E-state index is 0.0452. The van der Waals surface area contributed by atoms with Crippen molar-refractivity contribution in [2.24, 2.45) is 0 Å². The van der Waals surface area contributed by atoms with Crippen LogP contribution >= 0.6 is 0 Å². The van der Waals surface area contributed by atoms with E-state index in [1.165, 1.54) is 29.8 Å². The Balaban J connectivity index is 1.72. The van der Waals surface area contributed by atoms with Gasteiger partial charge < -0.3 is 9.15 Å². The predicted molar refractivity (Wildman–Crippen MR) is 91.6 cm³/mol. The molecule has 2 heterocycles. The Hall–Kier alpha value is -1.84. The highest BCUT2D eigenvalue weighted by Crippen LogP contribution is 2.29. The van der Waals surface area contributed by atoms with Gasteiger partial charge in [0.1, 0.15) is 17.3 Å². The molecule has 0 amide bonds. The van der Waals surface area contributed by atoms with Crippen LogP contribution in [-0.2, 0) is 25.6 Å². The molecule has 0 bridgehead atoms. The number of furan rings is 1. The molecule has 1 aliphatic heterocycles. The molecule has 9 heteroatoms. The third-order valence-electron chi connectivity index (χ3n) is 4.25. The fourth-order valence-corrected chi connectivity index (χ4v) is 6.11. The summed E-state index contributed by atoms with van der Waals surface area (Å²) in [4.78, 5) is 0.132. The molecule has 1 fully saturated rings. The maximum absolute atomic E-state index is 12.6. The summed E-state index contributed by atoms with van der Waals surface area (Å²) in [6, 6.07) is 7.79. The number of sulfone groups is 1. The monoisotopic (exact) mass is 385 g/mol. The van der Waals surface area contributed by atoms with Crippen LogP contribution in [0.4, 0.5) is 0 Å². The lowest BCUT2D eigenvalue weighted by Gasteiger charge is -2.37. The number of hydrogen-bond donors (Lipinski definition) is 0. The lowest BCUT2D eigenvalue weighted by Crippen LogP contribution is -2.56. The standard InChI is InChI=1S/C16H19NO6S2/c1-12-8-14(5-6-16(12)22-2)25(20,21)17-9-15(10-17)24(18,19)11-13-4-3-7-23-13/h3-8,15H,9-11H2,1-2H3. The van der Waals surface area contributed by atoms with Gasteiger partial charge in [-0.15, -0.1) is 0 Å². The molecule has 7 nitrogen and oxygen atoms in total. The van der Waals surface area contributed by atoms with E-state index in [0.29, 0.717) is 17.1 Å². The lowest BCUT2D eigenvalue weighted by molar-refractivity contribution is 0.309. The molecule has 1 saturated heterocycles. The summed E-state index contributed by atoms with van der Waals surface area (Å²) in [6.45, 7) is 1.66. The SMILES string of the molecule is COc1ccc(S(=O)(=O)N2CC(S(=O)(=O)Cc3ccco3)C2)cc1C. The molecule has 136 valence electrons. The van der Waals surface area contributed by atoms with Crippen molar-refractivity contribution in [2.45, 2.75) is 22.8 Å². The van der Waals surface area contributed by atoms with E-state index in [1.807, 2.05) is 0 Å². The molecule has 0 N–H and O–H groups in total. The van der Waals surface area contributed by atoms with Crippen molar-refractivity contribution in [3.8, 4) is 5.75 Å². The summed E-state index contributed by atoms with van der Waals surface area (Å²) in [7, 11) is -5.66. The molecule has 25 heavy (non-hydrogen) atoms. The van der Waals surface area contributed by atoms with Gasteiger partial charge >= 0.3 is 0 Å². The van der Waals surface area contributed by atoms with Crippen LogP contribution in [0.1, 0.15) is 11.3 Å². The van der Waals surface area contributed by atoms with Gasteiger partial charge in [-0.05, 0) is 42.8 Å². The summed E-state index contributed by atoms with van der Waals surface area (Å²) in [5.74, 6) is 0.730. The van der Waals surface area contributed by atoms with Crippen molar-refractivity contribution in [1.82, 2.24) is 4.31 Å². The molecule has 3 rings (SSSR count). The van der Waals surface area contributed by atoms with Gasteiger partial charge in [0, 0.05) is 13.1 Å². The van der Waals surface area contributed by atoms with Gasteiger partial charge in [0.2, 0.25) is 10.0 Å². The van der Waals surface area contributed by atoms with Crippen LogP contribution in [0.15, 0.2) is 45.9 Å². The first-order valence-electron chi connectivity index (χ1n) is 7.63. The number of methoxy groups -OCH3 is 1. The average molecular weight is 385 g/mol. The number of ether oxygens (including phenoxy) is 1. The zero-order valence-electron chi connectivity index (χ0n) is 13.9. The van der Waals surface area contributed by atoms with Gasteiger partial charge in [0.25, 0.3) is 0 Å². The number of benzene rings is 1. The zero-order chi connectivity index (χ0) is 18.2. The molecule has 1 aliphatic rings. The molecule has 0 radical (unpaired) electrons. The van der Waals surface area contributed by atoms with Gasteiger partial charge in [-0.1, -0.05) is 0 Å². The normalized spacial score (nSPS) is 16.6. The van der Waals surface area contributed by atoms with Crippen LogP contribution in [0.5, 0.6) is 5.75 Å². The van der Waals surface area contributed by atoms with Crippen molar-refractivity contribution in [2.75, 3.05) is 20.2 Å². The van der Waals surface area contributed by atoms with E-state index < -0.39 is 25.1 Å². The molecule has 0 unspecified atom stereocenters. The Bertz CT molecular complexity index is 958. The van der Waals surface area contributed by atoms with Gasteiger partial charge in [-0.3, -0.25) is 0 Å². The van der Waals surface area contributed by atoms with E-state index in [4.69, 9.17) is 9.15 Å². The van der Waals surface area contributed by atoms with Crippen molar-refractivity contribution in [1.29, 1.82) is 0 Å². The van der Waals surface area contributed by atoms with Gasteiger partial charge in [0.15, 0.2) is 9.84 Å². The largest absolute Gasteiger partial charge is 0.496 e. The number of sulfonamides is 1. The van der Waals surface area contributed by atoms with E-state index in [9.17, 15) is 16.8 Å². The number of nitrogens with zero attached hydrogens (tertiary/aromatic N) is 1. The van der Waals surface area contributed by atoms with Crippen LogP contribution in [0.3, 0.4) is 0 Å². The van der Waals surface area contributed by atoms with E-state index in [-0.39, 0.29) is 23.7 Å². The fraction of sp³-hybridized carbons (Fsp3) is 0.375. The second-order valence-electron chi connectivity index (χ2n) is 5.96. The summed E-state index contributed by atoms with van der Waals surface area (Å²) in [6.07, 6.45) is 1.41. The quantitative estimate of drug-likeness (QED) is 0.749. The summed E-state index contributed by atoms with van der Waals surface area (Å²) in [5, 5.41) is -0.716. The molecule has 1 aromatic carbocycles. The van der Waals surface area contributed by atoms with Crippen molar-refractivity contribution in [3.63, 3.8) is 0 Å². The Morgan fingerprint density at radius 3 is 2.48 bits per heavy atom. The van der Waals surface area contributed by atoms with E-state index in [2.05, 4.69) is 0 Å². The molecule has 0 spiro atoms. The minimum Gasteiger partial charge on any atom is -0.496 e. The first-order chi connectivity index (χ1) is 11.7. The third-order valence-corrected chi connectivity index (χ3v) is 8.08. The van der Waals surface area contributed by atoms with Crippen LogP contribution in [0.2, 0.25) is 0 Å². The van der Waals surface area contributed by atoms with Crippen molar-refractivity contribution >= 4 is 19.9 Å². The second kappa shape index (κ2) is 6.47. The lowest BCUT2D eigenvalue weighted by atomic mass is 10.2. The van der Waals surface area contributed by atoms with Crippen LogP contribution in [0, 0.1) is 6.92 Å². The maximum Gasteiger partial charge on any atom is 0.243 e.